The van der Waals surface area contributed by atoms with Crippen LogP contribution >= 0.6 is 11.8 Å². The Bertz CT molecular complexity index is 877. The minimum absolute atomic E-state index is 0.361. The van der Waals surface area contributed by atoms with Crippen LogP contribution in [0, 0.1) is 38.4 Å². The molecule has 0 saturated heterocycles. The van der Waals surface area contributed by atoms with Gasteiger partial charge < -0.3 is 10.1 Å². The van der Waals surface area contributed by atoms with E-state index < -0.39 is 11.9 Å². The molecule has 0 saturated carbocycles. The van der Waals surface area contributed by atoms with E-state index in [0.717, 1.165) is 38.9 Å². The Labute approximate surface area is 157 Å². The van der Waals surface area contributed by atoms with E-state index >= 15 is 0 Å². The summed E-state index contributed by atoms with van der Waals surface area (Å²) in [6.45, 7) is 7.13. The molecular formula is C20H20N2O3S. The molecule has 26 heavy (non-hydrogen) atoms. The van der Waals surface area contributed by atoms with E-state index in [1.807, 2.05) is 51.3 Å². The maximum Gasteiger partial charge on any atom is 0.339 e. The molecule has 2 rings (SSSR count). The number of esters is 1. The summed E-state index contributed by atoms with van der Waals surface area (Å²) >= 11 is 1.06. The van der Waals surface area contributed by atoms with Gasteiger partial charge in [-0.15, -0.1) is 0 Å². The van der Waals surface area contributed by atoms with Gasteiger partial charge in [-0.1, -0.05) is 17.7 Å². The molecule has 1 N–H and O–H groups in total. The molecule has 0 radical (unpaired) electrons. The van der Waals surface area contributed by atoms with E-state index in [1.54, 1.807) is 12.1 Å². The van der Waals surface area contributed by atoms with Gasteiger partial charge in [-0.2, -0.15) is 5.26 Å². The zero-order chi connectivity index (χ0) is 19.3. The van der Waals surface area contributed by atoms with Crippen molar-refractivity contribution in [2.75, 3.05) is 11.9 Å². The second-order valence-corrected chi connectivity index (χ2v) is 6.93. The lowest BCUT2D eigenvalue weighted by atomic mass is 10.00. The van der Waals surface area contributed by atoms with Gasteiger partial charge in [0.2, 0.25) is 0 Å². The van der Waals surface area contributed by atoms with Gasteiger partial charge in [0.25, 0.3) is 5.91 Å². The SMILES string of the molecule is Cc1cc(C)c(C(=O)OCC(=O)Nc2ccc(SC#N)cc2C)c(C)c1. The highest BCUT2D eigenvalue weighted by atomic mass is 32.2. The lowest BCUT2D eigenvalue weighted by Gasteiger charge is -2.12. The van der Waals surface area contributed by atoms with Gasteiger partial charge in [-0.3, -0.25) is 4.79 Å². The number of nitriles is 1. The van der Waals surface area contributed by atoms with Gasteiger partial charge in [0, 0.05) is 10.6 Å². The molecule has 0 atom stereocenters. The van der Waals surface area contributed by atoms with Crippen LogP contribution in [0.25, 0.3) is 0 Å². The second-order valence-electron chi connectivity index (χ2n) is 6.07. The molecule has 0 fully saturated rings. The first-order chi connectivity index (χ1) is 12.3. The monoisotopic (exact) mass is 368 g/mol. The van der Waals surface area contributed by atoms with E-state index in [0.29, 0.717) is 11.3 Å². The topological polar surface area (TPSA) is 79.2 Å². The fourth-order valence-corrected chi connectivity index (χ4v) is 3.26. The second kappa shape index (κ2) is 8.54. The van der Waals surface area contributed by atoms with Gasteiger partial charge in [0.1, 0.15) is 5.40 Å². The fraction of sp³-hybridized carbons (Fsp3) is 0.250. The van der Waals surface area contributed by atoms with Gasteiger partial charge in [0.15, 0.2) is 6.61 Å². The molecule has 0 unspecified atom stereocenters. The number of hydrogen-bond donors (Lipinski definition) is 1. The average molecular weight is 368 g/mol. The van der Waals surface area contributed by atoms with E-state index in [9.17, 15) is 9.59 Å². The predicted molar refractivity (Wildman–Crippen MR) is 102 cm³/mol. The highest BCUT2D eigenvalue weighted by Gasteiger charge is 2.16. The van der Waals surface area contributed by atoms with Crippen LogP contribution in [0.2, 0.25) is 0 Å². The summed E-state index contributed by atoms with van der Waals surface area (Å²) in [6.07, 6.45) is 0. The van der Waals surface area contributed by atoms with Crippen molar-refractivity contribution >= 4 is 29.3 Å². The minimum Gasteiger partial charge on any atom is -0.452 e. The number of rotatable bonds is 5. The molecule has 0 aliphatic carbocycles. The van der Waals surface area contributed by atoms with Gasteiger partial charge >= 0.3 is 5.97 Å². The van der Waals surface area contributed by atoms with Crippen molar-refractivity contribution in [2.45, 2.75) is 32.6 Å². The quantitative estimate of drug-likeness (QED) is 0.484. The number of carbonyl (C=O) groups excluding carboxylic acids is 2. The molecule has 0 aliphatic rings. The third kappa shape index (κ3) is 4.87. The Balaban J connectivity index is 1.99. The predicted octanol–water partition coefficient (Wildman–Crippen LogP) is 4.29. The first-order valence-electron chi connectivity index (χ1n) is 8.03. The van der Waals surface area contributed by atoms with Gasteiger partial charge in [-0.25, -0.2) is 4.79 Å². The number of amides is 1. The summed E-state index contributed by atoms with van der Waals surface area (Å²) < 4.78 is 5.17. The van der Waals surface area contributed by atoms with Crippen LogP contribution < -0.4 is 5.32 Å². The molecule has 0 heterocycles. The van der Waals surface area contributed by atoms with Crippen molar-refractivity contribution in [1.29, 1.82) is 5.26 Å². The van der Waals surface area contributed by atoms with Crippen molar-refractivity contribution in [3.05, 3.63) is 58.1 Å². The number of aryl methyl sites for hydroxylation is 4. The van der Waals surface area contributed by atoms with E-state index in [2.05, 4.69) is 5.32 Å². The summed E-state index contributed by atoms with van der Waals surface area (Å²) in [5, 5.41) is 13.4. The number of carbonyl (C=O) groups is 2. The van der Waals surface area contributed by atoms with Crippen molar-refractivity contribution in [2.24, 2.45) is 0 Å². The van der Waals surface area contributed by atoms with E-state index in [-0.39, 0.29) is 6.61 Å². The van der Waals surface area contributed by atoms with Crippen molar-refractivity contribution < 1.29 is 14.3 Å². The Morgan fingerprint density at radius 1 is 1.08 bits per heavy atom. The van der Waals surface area contributed by atoms with Crippen LogP contribution in [0.15, 0.2) is 35.2 Å². The Kier molecular flexibility index (Phi) is 6.42. The number of thioether (sulfide) groups is 1. The zero-order valence-corrected chi connectivity index (χ0v) is 16.0. The number of ether oxygens (including phenoxy) is 1. The van der Waals surface area contributed by atoms with Crippen LogP contribution in [0.1, 0.15) is 32.6 Å². The molecule has 0 bridgehead atoms. The van der Waals surface area contributed by atoms with Crippen molar-refractivity contribution in [3.8, 4) is 5.40 Å². The summed E-state index contributed by atoms with van der Waals surface area (Å²) in [4.78, 5) is 25.2. The highest BCUT2D eigenvalue weighted by molar-refractivity contribution is 8.03. The summed E-state index contributed by atoms with van der Waals surface area (Å²) in [7, 11) is 0. The molecule has 2 aromatic rings. The number of anilines is 1. The van der Waals surface area contributed by atoms with Crippen LogP contribution in [0.3, 0.4) is 0 Å². The lowest BCUT2D eigenvalue weighted by molar-refractivity contribution is -0.119. The molecule has 2 aromatic carbocycles. The van der Waals surface area contributed by atoms with E-state index in [1.165, 1.54) is 0 Å². The largest absolute Gasteiger partial charge is 0.452 e. The number of nitrogens with one attached hydrogen (secondary N) is 1. The summed E-state index contributed by atoms with van der Waals surface area (Å²) in [5.74, 6) is -0.919. The van der Waals surface area contributed by atoms with Gasteiger partial charge in [0.05, 0.1) is 5.56 Å². The Hall–Kier alpha value is -2.78. The molecular weight excluding hydrogens is 348 g/mol. The molecule has 0 spiro atoms. The highest BCUT2D eigenvalue weighted by Crippen LogP contribution is 2.23. The standard InChI is InChI=1S/C20H20N2O3S/c1-12-7-14(3)19(15(4)8-12)20(24)25-10-18(23)22-17-6-5-16(26-11-21)9-13(17)2/h5-9H,10H2,1-4H3,(H,22,23). The minimum atomic E-state index is -0.507. The third-order valence-electron chi connectivity index (χ3n) is 3.85. The molecule has 6 heteroatoms. The van der Waals surface area contributed by atoms with E-state index in [4.69, 9.17) is 10.00 Å². The van der Waals surface area contributed by atoms with Gasteiger partial charge in [-0.05, 0) is 74.3 Å². The molecule has 0 aliphatic heterocycles. The summed E-state index contributed by atoms with van der Waals surface area (Å²) in [5.41, 5.74) is 4.68. The maximum atomic E-state index is 12.3. The number of nitrogens with zero attached hydrogens (tertiary/aromatic N) is 1. The van der Waals surface area contributed by atoms with Crippen LogP contribution in [-0.2, 0) is 9.53 Å². The lowest BCUT2D eigenvalue weighted by Crippen LogP contribution is -2.22. The molecule has 1 amide bonds. The average Bonchev–Trinajstić information content (AvgIpc) is 2.55. The molecule has 0 aromatic heterocycles. The number of benzene rings is 2. The third-order valence-corrected chi connectivity index (χ3v) is 4.43. The van der Waals surface area contributed by atoms with Crippen LogP contribution in [-0.4, -0.2) is 18.5 Å². The molecule has 134 valence electrons. The number of hydrogen-bond acceptors (Lipinski definition) is 5. The van der Waals surface area contributed by atoms with Crippen LogP contribution in [0.5, 0.6) is 0 Å². The maximum absolute atomic E-state index is 12.3. The van der Waals surface area contributed by atoms with Crippen molar-refractivity contribution in [1.82, 2.24) is 0 Å². The first-order valence-corrected chi connectivity index (χ1v) is 8.85. The van der Waals surface area contributed by atoms with Crippen molar-refractivity contribution in [3.63, 3.8) is 0 Å². The smallest absolute Gasteiger partial charge is 0.339 e. The zero-order valence-electron chi connectivity index (χ0n) is 15.2. The normalized spacial score (nSPS) is 10.1. The fourth-order valence-electron chi connectivity index (χ4n) is 2.78. The molecule has 5 nitrogen and oxygen atoms in total. The van der Waals surface area contributed by atoms with Crippen LogP contribution in [0.4, 0.5) is 5.69 Å². The Morgan fingerprint density at radius 2 is 1.73 bits per heavy atom. The first kappa shape index (κ1) is 19.5. The summed E-state index contributed by atoms with van der Waals surface area (Å²) in [6, 6.07) is 9.11. The number of thiocyanates is 1. The Morgan fingerprint density at radius 3 is 2.31 bits per heavy atom.